The Balaban J connectivity index is 2.25. The van der Waals surface area contributed by atoms with Gasteiger partial charge < -0.3 is 15.7 Å². The van der Waals surface area contributed by atoms with Gasteiger partial charge in [-0.15, -0.1) is 0 Å². The molecule has 0 aliphatic carbocycles. The molecule has 6 nitrogen and oxygen atoms in total. The Kier molecular flexibility index (Phi) is 3.49. The molecule has 96 valence electrons. The Labute approximate surface area is 108 Å². The van der Waals surface area contributed by atoms with Gasteiger partial charge in [0.05, 0.1) is 6.10 Å². The van der Waals surface area contributed by atoms with Crippen LogP contribution in [0.5, 0.6) is 0 Å². The molecule has 2 amide bonds. The van der Waals surface area contributed by atoms with E-state index in [4.69, 9.17) is 17.3 Å². The maximum atomic E-state index is 12.1. The lowest BCUT2D eigenvalue weighted by molar-refractivity contribution is -0.121. The topological polar surface area (TPSA) is 96.5 Å². The van der Waals surface area contributed by atoms with Crippen LogP contribution in [0, 0.1) is 0 Å². The van der Waals surface area contributed by atoms with E-state index < -0.39 is 24.0 Å². The lowest BCUT2D eigenvalue weighted by atomic mass is 10.2. The maximum Gasteiger partial charge on any atom is 0.273 e. The molecule has 2 unspecified atom stereocenters. The number of nitrogens with zero attached hydrogens (tertiary/aromatic N) is 2. The van der Waals surface area contributed by atoms with Gasteiger partial charge in [-0.3, -0.25) is 14.6 Å². The second-order valence-electron chi connectivity index (χ2n) is 4.12. The Morgan fingerprint density at radius 3 is 2.89 bits per heavy atom. The third-order valence-corrected chi connectivity index (χ3v) is 3.04. The molecule has 2 atom stereocenters. The van der Waals surface area contributed by atoms with Crippen molar-refractivity contribution < 1.29 is 14.7 Å². The molecule has 7 heteroatoms. The number of aliphatic hydroxyl groups is 1. The molecule has 0 radical (unpaired) electrons. The van der Waals surface area contributed by atoms with Crippen molar-refractivity contribution in [1.29, 1.82) is 0 Å². The minimum absolute atomic E-state index is 0.0701. The summed E-state index contributed by atoms with van der Waals surface area (Å²) in [5.74, 6) is -1.10. The quantitative estimate of drug-likeness (QED) is 0.777. The van der Waals surface area contributed by atoms with Crippen LogP contribution >= 0.6 is 11.6 Å². The van der Waals surface area contributed by atoms with Crippen LogP contribution in [0.25, 0.3) is 0 Å². The summed E-state index contributed by atoms with van der Waals surface area (Å²) in [6.45, 7) is 0.0701. The number of pyridine rings is 1. The number of halogens is 1. The smallest absolute Gasteiger partial charge is 0.273 e. The van der Waals surface area contributed by atoms with Crippen LogP contribution in [-0.4, -0.2) is 45.5 Å². The second kappa shape index (κ2) is 4.91. The molecule has 3 N–H and O–H groups in total. The Morgan fingerprint density at radius 1 is 1.56 bits per heavy atom. The van der Waals surface area contributed by atoms with Crippen molar-refractivity contribution in [2.75, 3.05) is 6.54 Å². The molecule has 2 heterocycles. The van der Waals surface area contributed by atoms with Crippen LogP contribution in [0.15, 0.2) is 18.3 Å². The van der Waals surface area contributed by atoms with E-state index in [1.54, 1.807) is 6.07 Å². The number of primary amides is 1. The SMILES string of the molecule is NC(=O)C1CC(O)CN1C(=O)c1cc(Cl)ccn1. The van der Waals surface area contributed by atoms with Crippen molar-refractivity contribution in [3.05, 3.63) is 29.0 Å². The highest BCUT2D eigenvalue weighted by atomic mass is 35.5. The van der Waals surface area contributed by atoms with Crippen LogP contribution in [0.2, 0.25) is 5.02 Å². The summed E-state index contributed by atoms with van der Waals surface area (Å²) in [6.07, 6.45) is 0.814. The van der Waals surface area contributed by atoms with Gasteiger partial charge in [-0.05, 0) is 12.1 Å². The number of hydrogen-bond acceptors (Lipinski definition) is 4. The third kappa shape index (κ3) is 2.44. The molecule has 1 aromatic heterocycles. The van der Waals surface area contributed by atoms with E-state index in [-0.39, 0.29) is 18.7 Å². The molecule has 1 aromatic rings. The number of β-amino-alcohol motifs (C(OH)–C–C–N with tert-alkyl or cyclic N) is 1. The fraction of sp³-hybridized carbons (Fsp3) is 0.364. The lowest BCUT2D eigenvalue weighted by Gasteiger charge is -2.21. The van der Waals surface area contributed by atoms with Crippen LogP contribution in [-0.2, 0) is 4.79 Å². The first-order valence-electron chi connectivity index (χ1n) is 5.39. The Hall–Kier alpha value is -1.66. The molecule has 1 aliphatic heterocycles. The van der Waals surface area contributed by atoms with Crippen molar-refractivity contribution >= 4 is 23.4 Å². The van der Waals surface area contributed by atoms with Crippen molar-refractivity contribution in [1.82, 2.24) is 9.88 Å². The van der Waals surface area contributed by atoms with Crippen LogP contribution in [0.1, 0.15) is 16.9 Å². The minimum Gasteiger partial charge on any atom is -0.391 e. The van der Waals surface area contributed by atoms with Gasteiger partial charge in [0.2, 0.25) is 5.91 Å². The lowest BCUT2D eigenvalue weighted by Crippen LogP contribution is -2.44. The number of aliphatic hydroxyl groups excluding tert-OH is 1. The maximum absolute atomic E-state index is 12.1. The van der Waals surface area contributed by atoms with Crippen molar-refractivity contribution in [2.45, 2.75) is 18.6 Å². The highest BCUT2D eigenvalue weighted by Crippen LogP contribution is 2.20. The molecule has 1 aliphatic rings. The zero-order chi connectivity index (χ0) is 13.3. The molecule has 1 saturated heterocycles. The first kappa shape index (κ1) is 12.8. The van der Waals surface area contributed by atoms with Crippen LogP contribution in [0.4, 0.5) is 0 Å². The summed E-state index contributed by atoms with van der Waals surface area (Å²) >= 11 is 5.77. The average molecular weight is 270 g/mol. The molecule has 18 heavy (non-hydrogen) atoms. The number of aromatic nitrogens is 1. The highest BCUT2D eigenvalue weighted by molar-refractivity contribution is 6.30. The molecule has 0 bridgehead atoms. The summed E-state index contributed by atoms with van der Waals surface area (Å²) in [5.41, 5.74) is 5.33. The monoisotopic (exact) mass is 269 g/mol. The number of carbonyl (C=O) groups excluding carboxylic acids is 2. The molecular weight excluding hydrogens is 258 g/mol. The van der Waals surface area contributed by atoms with Gasteiger partial charge in [0.1, 0.15) is 11.7 Å². The van der Waals surface area contributed by atoms with Crippen LogP contribution in [0.3, 0.4) is 0 Å². The van der Waals surface area contributed by atoms with Crippen molar-refractivity contribution in [2.24, 2.45) is 5.73 Å². The first-order valence-corrected chi connectivity index (χ1v) is 5.76. The van der Waals surface area contributed by atoms with E-state index in [1.165, 1.54) is 17.2 Å². The summed E-state index contributed by atoms with van der Waals surface area (Å²) in [5, 5.41) is 9.90. The van der Waals surface area contributed by atoms with Gasteiger partial charge in [-0.25, -0.2) is 0 Å². The van der Waals surface area contributed by atoms with E-state index in [0.717, 1.165) is 0 Å². The Bertz CT molecular complexity index is 494. The average Bonchev–Trinajstić information content (AvgIpc) is 2.70. The van der Waals surface area contributed by atoms with E-state index in [1.807, 2.05) is 0 Å². The van der Waals surface area contributed by atoms with Gasteiger partial charge in [-0.1, -0.05) is 11.6 Å². The summed E-state index contributed by atoms with van der Waals surface area (Å²) < 4.78 is 0. The zero-order valence-electron chi connectivity index (χ0n) is 9.41. The van der Waals surface area contributed by atoms with Gasteiger partial charge in [-0.2, -0.15) is 0 Å². The zero-order valence-corrected chi connectivity index (χ0v) is 10.2. The third-order valence-electron chi connectivity index (χ3n) is 2.81. The number of hydrogen-bond donors (Lipinski definition) is 2. The number of likely N-dealkylation sites (tertiary alicyclic amines) is 1. The number of nitrogens with two attached hydrogens (primary N) is 1. The molecule has 0 spiro atoms. The molecule has 0 saturated carbocycles. The van der Waals surface area contributed by atoms with Gasteiger partial charge >= 0.3 is 0 Å². The van der Waals surface area contributed by atoms with Crippen molar-refractivity contribution in [3.63, 3.8) is 0 Å². The largest absolute Gasteiger partial charge is 0.391 e. The second-order valence-corrected chi connectivity index (χ2v) is 4.56. The van der Waals surface area contributed by atoms with E-state index in [0.29, 0.717) is 5.02 Å². The van der Waals surface area contributed by atoms with Crippen molar-refractivity contribution in [3.8, 4) is 0 Å². The summed E-state index contributed by atoms with van der Waals surface area (Å²) in [6, 6.07) is 2.16. The Morgan fingerprint density at radius 2 is 2.28 bits per heavy atom. The first-order chi connectivity index (χ1) is 8.49. The van der Waals surface area contributed by atoms with E-state index >= 15 is 0 Å². The van der Waals surface area contributed by atoms with Gasteiger partial charge in [0, 0.05) is 24.2 Å². The molecule has 2 rings (SSSR count). The predicted molar refractivity (Wildman–Crippen MR) is 63.9 cm³/mol. The predicted octanol–water partition coefficient (Wildman–Crippen LogP) is -0.204. The minimum atomic E-state index is -0.798. The highest BCUT2D eigenvalue weighted by Gasteiger charge is 2.38. The van der Waals surface area contributed by atoms with Crippen LogP contribution < -0.4 is 5.73 Å². The fourth-order valence-electron chi connectivity index (χ4n) is 1.98. The number of rotatable bonds is 2. The summed E-state index contributed by atoms with van der Waals surface area (Å²) in [7, 11) is 0. The normalized spacial score (nSPS) is 23.1. The molecule has 1 fully saturated rings. The number of carbonyl (C=O) groups is 2. The van der Waals surface area contributed by atoms with Gasteiger partial charge in [0.25, 0.3) is 5.91 Å². The molecular formula is C11H12ClN3O3. The van der Waals surface area contributed by atoms with Gasteiger partial charge in [0.15, 0.2) is 0 Å². The molecule has 0 aromatic carbocycles. The fourth-order valence-corrected chi connectivity index (χ4v) is 2.14. The standard InChI is InChI=1S/C11H12ClN3O3/c12-6-1-2-14-8(3-6)11(18)15-5-7(16)4-9(15)10(13)17/h1-3,7,9,16H,4-5H2,(H2,13,17). The van der Waals surface area contributed by atoms with E-state index in [2.05, 4.69) is 4.98 Å². The summed E-state index contributed by atoms with van der Waals surface area (Å²) in [4.78, 5) is 28.5. The number of amides is 2. The van der Waals surface area contributed by atoms with E-state index in [9.17, 15) is 14.7 Å².